The number of halogens is 1. The van der Waals surface area contributed by atoms with Crippen LogP contribution >= 0.6 is 0 Å². The maximum atomic E-state index is 13.7. The van der Waals surface area contributed by atoms with Crippen LogP contribution < -0.4 is 5.32 Å². The van der Waals surface area contributed by atoms with Gasteiger partial charge in [-0.05, 0) is 12.1 Å². The minimum absolute atomic E-state index is 0.127. The number of aliphatic hydroxyl groups excluding tert-OH is 1. The van der Waals surface area contributed by atoms with Gasteiger partial charge in [0.2, 0.25) is 0 Å². The van der Waals surface area contributed by atoms with Crippen molar-refractivity contribution in [2.75, 3.05) is 51.7 Å². The molecule has 1 aromatic carbocycles. The Balaban J connectivity index is 2.08. The van der Waals surface area contributed by atoms with E-state index in [2.05, 4.69) is 10.2 Å². The van der Waals surface area contributed by atoms with Gasteiger partial charge in [0.25, 0.3) is 5.91 Å². The van der Waals surface area contributed by atoms with Crippen molar-refractivity contribution in [3.63, 3.8) is 0 Å². The molecule has 0 radical (unpaired) electrons. The number of carbonyl (C=O) groups is 1. The van der Waals surface area contributed by atoms with Crippen LogP contribution in [0.5, 0.6) is 0 Å². The lowest BCUT2D eigenvalue weighted by Gasteiger charge is -2.34. The lowest BCUT2D eigenvalue weighted by molar-refractivity contribution is 0.0615. The van der Waals surface area contributed by atoms with Crippen LogP contribution in [0.2, 0.25) is 0 Å². The maximum absolute atomic E-state index is 13.7. The average molecular weight is 281 g/mol. The third-order valence-corrected chi connectivity index (χ3v) is 3.57. The standard InChI is InChI=1S/C14H20FN3O2/c1-16-13-11(3-2-4-12(13)15)14(20)18-7-5-17(6-8-18)9-10-19/h2-4,16,19H,5-10H2,1H3. The van der Waals surface area contributed by atoms with Gasteiger partial charge in [-0.1, -0.05) is 6.07 Å². The fourth-order valence-corrected chi connectivity index (χ4v) is 2.44. The first kappa shape index (κ1) is 14.7. The summed E-state index contributed by atoms with van der Waals surface area (Å²) in [7, 11) is 1.61. The Kier molecular flexibility index (Phi) is 4.92. The normalized spacial score (nSPS) is 16.2. The first-order valence-electron chi connectivity index (χ1n) is 6.76. The summed E-state index contributed by atoms with van der Waals surface area (Å²) in [6.45, 7) is 3.41. The first-order chi connectivity index (χ1) is 9.67. The summed E-state index contributed by atoms with van der Waals surface area (Å²) in [5.41, 5.74) is 0.610. The molecular weight excluding hydrogens is 261 g/mol. The van der Waals surface area contributed by atoms with E-state index in [-0.39, 0.29) is 18.2 Å². The minimum Gasteiger partial charge on any atom is -0.395 e. The van der Waals surface area contributed by atoms with Gasteiger partial charge in [-0.15, -0.1) is 0 Å². The zero-order valence-corrected chi connectivity index (χ0v) is 11.6. The van der Waals surface area contributed by atoms with Crippen LogP contribution in [0.15, 0.2) is 18.2 Å². The molecule has 20 heavy (non-hydrogen) atoms. The predicted octanol–water partition coefficient (Wildman–Crippen LogP) is 0.617. The van der Waals surface area contributed by atoms with E-state index in [1.54, 1.807) is 24.1 Å². The molecule has 5 nitrogen and oxygen atoms in total. The molecule has 110 valence electrons. The molecule has 0 spiro atoms. The Labute approximate surface area is 118 Å². The van der Waals surface area contributed by atoms with Gasteiger partial charge in [0.05, 0.1) is 17.9 Å². The second-order valence-corrected chi connectivity index (χ2v) is 4.77. The molecule has 0 bridgehead atoms. The van der Waals surface area contributed by atoms with Gasteiger partial charge in [0, 0.05) is 39.8 Å². The molecule has 1 aliphatic rings. The smallest absolute Gasteiger partial charge is 0.256 e. The summed E-state index contributed by atoms with van der Waals surface area (Å²) < 4.78 is 13.7. The van der Waals surface area contributed by atoms with Gasteiger partial charge < -0.3 is 15.3 Å². The molecule has 1 aromatic rings. The van der Waals surface area contributed by atoms with Crippen molar-refractivity contribution in [1.29, 1.82) is 0 Å². The maximum Gasteiger partial charge on any atom is 0.256 e. The number of benzene rings is 1. The topological polar surface area (TPSA) is 55.8 Å². The average Bonchev–Trinajstić information content (AvgIpc) is 2.47. The number of β-amino-alcohol motifs (C(OH)–C–C–N with tert-alkyl or cyclic N) is 1. The van der Waals surface area contributed by atoms with Crippen molar-refractivity contribution in [1.82, 2.24) is 9.80 Å². The fourth-order valence-electron chi connectivity index (χ4n) is 2.44. The van der Waals surface area contributed by atoms with Crippen LogP contribution in [0, 0.1) is 5.82 Å². The van der Waals surface area contributed by atoms with Crippen molar-refractivity contribution >= 4 is 11.6 Å². The lowest BCUT2D eigenvalue weighted by Crippen LogP contribution is -2.49. The molecular formula is C14H20FN3O2. The number of piperazine rings is 1. The van der Waals surface area contributed by atoms with E-state index in [0.717, 1.165) is 13.1 Å². The number of anilines is 1. The number of para-hydroxylation sites is 1. The van der Waals surface area contributed by atoms with Crippen molar-refractivity contribution in [3.05, 3.63) is 29.6 Å². The van der Waals surface area contributed by atoms with Crippen molar-refractivity contribution in [3.8, 4) is 0 Å². The summed E-state index contributed by atoms with van der Waals surface area (Å²) in [5.74, 6) is -0.574. The summed E-state index contributed by atoms with van der Waals surface area (Å²) in [5, 5.41) is 11.6. The van der Waals surface area contributed by atoms with Crippen molar-refractivity contribution < 1.29 is 14.3 Å². The van der Waals surface area contributed by atoms with Crippen molar-refractivity contribution in [2.24, 2.45) is 0 Å². The number of amides is 1. The highest BCUT2D eigenvalue weighted by Crippen LogP contribution is 2.21. The first-order valence-corrected chi connectivity index (χ1v) is 6.76. The van der Waals surface area contributed by atoms with Crippen LogP contribution in [0.1, 0.15) is 10.4 Å². The molecule has 0 unspecified atom stereocenters. The van der Waals surface area contributed by atoms with Crippen LogP contribution in [0.3, 0.4) is 0 Å². The molecule has 1 heterocycles. The van der Waals surface area contributed by atoms with Gasteiger partial charge in [-0.25, -0.2) is 4.39 Å². The Bertz CT molecular complexity index is 473. The van der Waals surface area contributed by atoms with Crippen LogP contribution in [-0.2, 0) is 0 Å². The predicted molar refractivity (Wildman–Crippen MR) is 75.4 cm³/mol. The molecule has 2 rings (SSSR count). The number of aliphatic hydroxyl groups is 1. The molecule has 6 heteroatoms. The van der Waals surface area contributed by atoms with E-state index in [1.165, 1.54) is 6.07 Å². The summed E-state index contributed by atoms with van der Waals surface area (Å²) in [6.07, 6.45) is 0. The molecule has 1 saturated heterocycles. The zero-order valence-electron chi connectivity index (χ0n) is 11.6. The zero-order chi connectivity index (χ0) is 14.5. The molecule has 2 N–H and O–H groups in total. The number of nitrogens with one attached hydrogen (secondary N) is 1. The summed E-state index contributed by atoms with van der Waals surface area (Å²) in [4.78, 5) is 16.3. The van der Waals surface area contributed by atoms with E-state index >= 15 is 0 Å². The molecule has 0 atom stereocenters. The Morgan fingerprint density at radius 2 is 2.05 bits per heavy atom. The van der Waals surface area contributed by atoms with Gasteiger partial charge in [-0.2, -0.15) is 0 Å². The Morgan fingerprint density at radius 3 is 2.65 bits per heavy atom. The second-order valence-electron chi connectivity index (χ2n) is 4.77. The van der Waals surface area contributed by atoms with Crippen molar-refractivity contribution in [2.45, 2.75) is 0 Å². The molecule has 1 aliphatic heterocycles. The number of hydrogen-bond acceptors (Lipinski definition) is 4. The van der Waals surface area contributed by atoms with Gasteiger partial charge in [0.1, 0.15) is 5.82 Å². The SMILES string of the molecule is CNc1c(F)cccc1C(=O)N1CCN(CCO)CC1. The molecule has 1 fully saturated rings. The highest BCUT2D eigenvalue weighted by atomic mass is 19.1. The second kappa shape index (κ2) is 6.67. The monoisotopic (exact) mass is 281 g/mol. The van der Waals surface area contributed by atoms with Gasteiger partial charge >= 0.3 is 0 Å². The molecule has 1 amide bonds. The third-order valence-electron chi connectivity index (χ3n) is 3.57. The quantitative estimate of drug-likeness (QED) is 0.849. The van der Waals surface area contributed by atoms with E-state index in [9.17, 15) is 9.18 Å². The third kappa shape index (κ3) is 3.08. The Morgan fingerprint density at radius 1 is 1.35 bits per heavy atom. The molecule has 0 aromatic heterocycles. The van der Waals surface area contributed by atoms with E-state index in [1.807, 2.05) is 0 Å². The highest BCUT2D eigenvalue weighted by molar-refractivity contribution is 5.99. The van der Waals surface area contributed by atoms with Crippen LogP contribution in [0.4, 0.5) is 10.1 Å². The lowest BCUT2D eigenvalue weighted by atomic mass is 10.1. The van der Waals surface area contributed by atoms with Gasteiger partial charge in [0.15, 0.2) is 0 Å². The minimum atomic E-state index is -0.419. The molecule has 0 aliphatic carbocycles. The largest absolute Gasteiger partial charge is 0.395 e. The number of rotatable bonds is 4. The number of carbonyl (C=O) groups excluding carboxylic acids is 1. The number of nitrogens with zero attached hydrogens (tertiary/aromatic N) is 2. The van der Waals surface area contributed by atoms with Gasteiger partial charge in [-0.3, -0.25) is 9.69 Å². The van der Waals surface area contributed by atoms with E-state index in [0.29, 0.717) is 25.2 Å². The Hall–Kier alpha value is -1.66. The number of hydrogen-bond donors (Lipinski definition) is 2. The summed E-state index contributed by atoms with van der Waals surface area (Å²) >= 11 is 0. The fraction of sp³-hybridized carbons (Fsp3) is 0.500. The summed E-state index contributed by atoms with van der Waals surface area (Å²) in [6, 6.07) is 4.52. The van der Waals surface area contributed by atoms with E-state index < -0.39 is 5.82 Å². The van der Waals surface area contributed by atoms with E-state index in [4.69, 9.17) is 5.11 Å². The molecule has 0 saturated carbocycles. The highest BCUT2D eigenvalue weighted by Gasteiger charge is 2.24. The van der Waals surface area contributed by atoms with Crippen LogP contribution in [-0.4, -0.2) is 67.2 Å². The van der Waals surface area contributed by atoms with Crippen LogP contribution in [0.25, 0.3) is 0 Å².